The second-order valence-electron chi connectivity index (χ2n) is 9.34. The molecule has 0 bridgehead atoms. The van der Waals surface area contributed by atoms with E-state index >= 15 is 0 Å². The maximum Gasteiger partial charge on any atom is 1.00 e. The van der Waals surface area contributed by atoms with Crippen LogP contribution in [-0.4, -0.2) is 56.9 Å². The molecule has 3 aromatic carbocycles. The average Bonchev–Trinajstić information content (AvgIpc) is 3.56. The number of esters is 1. The van der Waals surface area contributed by atoms with E-state index in [2.05, 4.69) is 0 Å². The minimum atomic E-state index is -1.82. The Balaban J connectivity index is 0.00000231. The number of benzene rings is 3. The van der Waals surface area contributed by atoms with E-state index in [4.69, 9.17) is 28.4 Å². The van der Waals surface area contributed by atoms with E-state index in [1.165, 1.54) is 7.11 Å². The van der Waals surface area contributed by atoms with Gasteiger partial charge in [-0.1, -0.05) is 37.3 Å². The average molecular weight is 559 g/mol. The summed E-state index contributed by atoms with van der Waals surface area (Å²) in [5.74, 6) is -0.334. The van der Waals surface area contributed by atoms with Gasteiger partial charge in [-0.3, -0.25) is 0 Å². The number of carbonyl (C=O) groups excluding carboxylic acids is 1. The Bertz CT molecular complexity index is 1410. The molecule has 0 aromatic heterocycles. The summed E-state index contributed by atoms with van der Waals surface area (Å²) < 4.78 is 33.7. The summed E-state index contributed by atoms with van der Waals surface area (Å²) in [5.41, 5.74) is 1.81. The first-order chi connectivity index (χ1) is 18.9. The summed E-state index contributed by atoms with van der Waals surface area (Å²) in [6, 6.07) is 16.6. The van der Waals surface area contributed by atoms with Crippen molar-refractivity contribution in [1.29, 1.82) is 0 Å². The Kier molecular flexibility index (Phi) is 9.30. The van der Waals surface area contributed by atoms with Crippen LogP contribution in [0.4, 0.5) is 0 Å². The molecule has 10 heteroatoms. The Hall–Kier alpha value is -3.24. The molecule has 0 radical (unpaired) electrons. The van der Waals surface area contributed by atoms with Gasteiger partial charge in [0.25, 0.3) is 0 Å². The van der Waals surface area contributed by atoms with E-state index in [0.29, 0.717) is 35.2 Å². The molecule has 2 atom stereocenters. The van der Waals surface area contributed by atoms with E-state index in [-0.39, 0.29) is 44.2 Å². The monoisotopic (exact) mass is 558 g/mol. The van der Waals surface area contributed by atoms with Crippen LogP contribution in [0, 0.1) is 0 Å². The SMILES string of the molecule is CCCOc1ccc2c(c1-c1ccccc1OC)CC(OCC(=O)OC)(C(=O)O)C2c1ccc2c(c1)OCO2.[H-].[Na+]. The van der Waals surface area contributed by atoms with Crippen LogP contribution < -0.4 is 48.5 Å². The number of carboxylic acids is 1. The Labute approximate surface area is 256 Å². The number of para-hydroxylation sites is 1. The minimum absolute atomic E-state index is 0. The predicted molar refractivity (Wildman–Crippen MR) is 142 cm³/mol. The molecule has 0 spiro atoms. The fourth-order valence-electron chi connectivity index (χ4n) is 5.38. The van der Waals surface area contributed by atoms with E-state index in [0.717, 1.165) is 28.7 Å². The van der Waals surface area contributed by atoms with Gasteiger partial charge in [-0.2, -0.15) is 0 Å². The third kappa shape index (κ3) is 5.26. The molecule has 0 saturated carbocycles. The van der Waals surface area contributed by atoms with Crippen molar-refractivity contribution in [3.8, 4) is 34.1 Å². The predicted octanol–water partition coefficient (Wildman–Crippen LogP) is 1.70. The second kappa shape index (κ2) is 12.5. The Morgan fingerprint density at radius 3 is 2.55 bits per heavy atom. The van der Waals surface area contributed by atoms with E-state index in [1.807, 2.05) is 43.3 Å². The van der Waals surface area contributed by atoms with Crippen LogP contribution in [-0.2, 0) is 25.5 Å². The summed E-state index contributed by atoms with van der Waals surface area (Å²) in [6.45, 7) is 2.05. The molecule has 0 saturated heterocycles. The summed E-state index contributed by atoms with van der Waals surface area (Å²) in [4.78, 5) is 25.3. The topological polar surface area (TPSA) is 110 Å². The number of aliphatic carboxylic acids is 1. The third-order valence-electron chi connectivity index (χ3n) is 7.13. The first-order valence-corrected chi connectivity index (χ1v) is 12.7. The summed E-state index contributed by atoms with van der Waals surface area (Å²) in [5, 5.41) is 10.7. The number of hydrogen-bond donors (Lipinski definition) is 1. The summed E-state index contributed by atoms with van der Waals surface area (Å²) >= 11 is 0. The van der Waals surface area contributed by atoms with Crippen molar-refractivity contribution < 1.29 is 74.1 Å². The van der Waals surface area contributed by atoms with E-state index in [1.54, 1.807) is 25.3 Å². The molecule has 1 heterocycles. The van der Waals surface area contributed by atoms with Crippen LogP contribution in [0.25, 0.3) is 11.1 Å². The zero-order valence-corrected chi connectivity index (χ0v) is 25.0. The van der Waals surface area contributed by atoms with Crippen LogP contribution in [0.3, 0.4) is 0 Å². The number of methoxy groups -OCH3 is 2. The number of carbonyl (C=O) groups is 2. The Morgan fingerprint density at radius 2 is 1.82 bits per heavy atom. The Morgan fingerprint density at radius 1 is 1.05 bits per heavy atom. The maximum absolute atomic E-state index is 13.1. The molecule has 1 N–H and O–H groups in total. The molecule has 40 heavy (non-hydrogen) atoms. The van der Waals surface area contributed by atoms with Crippen molar-refractivity contribution in [1.82, 2.24) is 0 Å². The molecule has 3 aromatic rings. The van der Waals surface area contributed by atoms with Crippen LogP contribution in [0.2, 0.25) is 0 Å². The van der Waals surface area contributed by atoms with Crippen molar-refractivity contribution in [2.24, 2.45) is 0 Å². The smallest absolute Gasteiger partial charge is 1.00 e. The van der Waals surface area contributed by atoms with Gasteiger partial charge in [0, 0.05) is 23.5 Å². The molecule has 206 valence electrons. The molecule has 1 aliphatic heterocycles. The molecule has 0 fully saturated rings. The van der Waals surface area contributed by atoms with E-state index in [9.17, 15) is 14.7 Å². The van der Waals surface area contributed by atoms with Gasteiger partial charge in [-0.25, -0.2) is 9.59 Å². The minimum Gasteiger partial charge on any atom is -1.00 e. The standard InChI is InChI=1S/C30H30O9.Na.H/c1-4-13-36-24-12-10-19-21(27(24)20-7-5-6-8-22(20)34-2)15-30(29(32)33,39-16-26(31)35-3)28(19)18-9-11-23-25(14-18)38-17-37-23;;/h5-12,14,28H,4,13,15-17H2,1-3H3,(H,32,33);;/q;+1;-1. The quantitative estimate of drug-likeness (QED) is 0.294. The third-order valence-corrected chi connectivity index (χ3v) is 7.13. The molecule has 9 nitrogen and oxygen atoms in total. The van der Waals surface area contributed by atoms with Crippen molar-refractivity contribution in [2.75, 3.05) is 34.2 Å². The summed E-state index contributed by atoms with van der Waals surface area (Å²) in [7, 11) is 2.82. The van der Waals surface area contributed by atoms with Gasteiger partial charge in [0.05, 0.1) is 20.8 Å². The van der Waals surface area contributed by atoms with Crippen LogP contribution in [0.15, 0.2) is 54.6 Å². The van der Waals surface area contributed by atoms with Gasteiger partial charge < -0.3 is 35.0 Å². The van der Waals surface area contributed by atoms with Crippen LogP contribution in [0.1, 0.15) is 37.4 Å². The first kappa shape index (κ1) is 29.7. The van der Waals surface area contributed by atoms with Crippen molar-refractivity contribution >= 4 is 11.9 Å². The largest absolute Gasteiger partial charge is 1.00 e. The zero-order chi connectivity index (χ0) is 27.6. The number of fused-ring (bicyclic) bond motifs is 2. The number of ether oxygens (including phenoxy) is 6. The fraction of sp³-hybridized carbons (Fsp3) is 0.333. The van der Waals surface area contributed by atoms with Crippen LogP contribution >= 0.6 is 0 Å². The molecule has 2 unspecified atom stereocenters. The van der Waals surface area contributed by atoms with Gasteiger partial charge in [0.2, 0.25) is 6.79 Å². The molecular weight excluding hydrogens is 527 g/mol. The van der Waals surface area contributed by atoms with Crippen molar-refractivity contribution in [2.45, 2.75) is 31.3 Å². The molecule has 5 rings (SSSR count). The van der Waals surface area contributed by atoms with Gasteiger partial charge in [-0.05, 0) is 47.4 Å². The van der Waals surface area contributed by atoms with Crippen molar-refractivity contribution in [3.05, 3.63) is 71.3 Å². The van der Waals surface area contributed by atoms with Gasteiger partial charge in [0.1, 0.15) is 18.1 Å². The normalized spacial score (nSPS) is 18.4. The van der Waals surface area contributed by atoms with Crippen LogP contribution in [0.5, 0.6) is 23.0 Å². The van der Waals surface area contributed by atoms with Gasteiger partial charge in [0.15, 0.2) is 17.1 Å². The van der Waals surface area contributed by atoms with Gasteiger partial charge >= 0.3 is 41.5 Å². The number of carboxylic acid groups (broad SMARTS) is 1. The van der Waals surface area contributed by atoms with E-state index < -0.39 is 30.1 Å². The molecule has 0 amide bonds. The van der Waals surface area contributed by atoms with Gasteiger partial charge in [-0.15, -0.1) is 0 Å². The molecular formula is C30H31NaO9. The number of rotatable bonds is 10. The summed E-state index contributed by atoms with van der Waals surface area (Å²) in [6.07, 6.45) is 0.772. The molecule has 1 aliphatic carbocycles. The number of hydrogen-bond acceptors (Lipinski definition) is 8. The second-order valence-corrected chi connectivity index (χ2v) is 9.34. The van der Waals surface area contributed by atoms with Crippen molar-refractivity contribution in [3.63, 3.8) is 0 Å². The maximum atomic E-state index is 13.1. The molecule has 2 aliphatic rings. The first-order valence-electron chi connectivity index (χ1n) is 12.7. The fourth-order valence-corrected chi connectivity index (χ4v) is 5.38. The zero-order valence-electron chi connectivity index (χ0n) is 24.0.